The topological polar surface area (TPSA) is 103 Å². The number of thiocarbonyl (C=S) groups is 1. The summed E-state index contributed by atoms with van der Waals surface area (Å²) in [4.78, 5) is 12.1. The van der Waals surface area contributed by atoms with E-state index >= 15 is 0 Å². The third kappa shape index (κ3) is 5.77. The molecule has 0 aliphatic heterocycles. The van der Waals surface area contributed by atoms with Crippen molar-refractivity contribution in [3.63, 3.8) is 0 Å². The van der Waals surface area contributed by atoms with Gasteiger partial charge in [-0.3, -0.25) is 15.6 Å². The zero-order valence-electron chi connectivity index (χ0n) is 13.6. The van der Waals surface area contributed by atoms with E-state index in [4.69, 9.17) is 29.6 Å². The van der Waals surface area contributed by atoms with Crippen LogP contribution in [0.2, 0.25) is 5.02 Å². The van der Waals surface area contributed by atoms with Gasteiger partial charge in [0.2, 0.25) is 5.91 Å². The number of nitrogens with two attached hydrogens (primary N) is 1. The highest BCUT2D eigenvalue weighted by Crippen LogP contribution is 2.10. The minimum Gasteiger partial charge on any atom is -0.383 e. The predicted molar refractivity (Wildman–Crippen MR) is 106 cm³/mol. The molecular weight excluding hydrogens is 370 g/mol. The average molecular weight is 386 g/mol. The number of hydrogen-bond donors (Lipinski definition) is 4. The third-order valence-electron chi connectivity index (χ3n) is 3.25. The lowest BCUT2D eigenvalue weighted by Gasteiger charge is -2.12. The molecule has 2 aromatic rings. The number of carbonyl (C=O) groups excluding carboxylic acids is 1. The van der Waals surface area contributed by atoms with E-state index in [-0.39, 0.29) is 28.7 Å². The van der Waals surface area contributed by atoms with Crippen molar-refractivity contribution in [2.45, 2.75) is 6.42 Å². The van der Waals surface area contributed by atoms with E-state index in [0.29, 0.717) is 5.02 Å². The van der Waals surface area contributed by atoms with Gasteiger partial charge in [-0.05, 0) is 29.8 Å². The monoisotopic (exact) mass is 385 g/mol. The number of nitrogens with zero attached hydrogens (tertiary/aromatic N) is 1. The molecule has 8 heteroatoms. The van der Waals surface area contributed by atoms with E-state index in [0.717, 1.165) is 11.3 Å². The first kappa shape index (κ1) is 19.2. The maximum atomic E-state index is 12.0. The molecular formula is C18H16ClN5OS. The first-order chi connectivity index (χ1) is 12.5. The van der Waals surface area contributed by atoms with Crippen molar-refractivity contribution in [1.29, 1.82) is 5.26 Å². The number of benzene rings is 2. The minimum absolute atomic E-state index is 0.0237. The second-order valence-corrected chi connectivity index (χ2v) is 6.04. The summed E-state index contributed by atoms with van der Waals surface area (Å²) in [5.74, 6) is -0.375. The number of hydrazine groups is 1. The van der Waals surface area contributed by atoms with Crippen LogP contribution in [0.25, 0.3) is 0 Å². The maximum Gasteiger partial charge on any atom is 0.242 e. The van der Waals surface area contributed by atoms with Crippen LogP contribution in [-0.4, -0.2) is 10.9 Å². The van der Waals surface area contributed by atoms with E-state index in [1.807, 2.05) is 24.3 Å². The van der Waals surface area contributed by atoms with Crippen LogP contribution in [0.3, 0.4) is 0 Å². The third-order valence-corrected chi connectivity index (χ3v) is 3.81. The Hall–Kier alpha value is -3.08. The lowest BCUT2D eigenvalue weighted by Crippen LogP contribution is -2.41. The number of carbonyl (C=O) groups is 1. The number of halogens is 1. The van der Waals surface area contributed by atoms with Crippen molar-refractivity contribution in [1.82, 2.24) is 10.9 Å². The van der Waals surface area contributed by atoms with Crippen LogP contribution in [0, 0.1) is 11.3 Å². The van der Waals surface area contributed by atoms with Crippen LogP contribution >= 0.6 is 23.8 Å². The van der Waals surface area contributed by atoms with Gasteiger partial charge in [-0.25, -0.2) is 0 Å². The van der Waals surface area contributed by atoms with Gasteiger partial charge in [0.1, 0.15) is 22.5 Å². The van der Waals surface area contributed by atoms with E-state index < -0.39 is 0 Å². The summed E-state index contributed by atoms with van der Waals surface area (Å²) >= 11 is 11.0. The summed E-state index contributed by atoms with van der Waals surface area (Å²) in [7, 11) is 0. The molecule has 0 atom stereocenters. The van der Waals surface area contributed by atoms with Crippen LogP contribution in [0.15, 0.2) is 66.0 Å². The SMILES string of the molecule is N#C/C(C(=S)Nc1ccccc1)=C(/N)NNC(=O)Cc1ccc(Cl)cc1. The highest BCUT2D eigenvalue weighted by atomic mass is 35.5. The molecule has 0 aliphatic carbocycles. The fraction of sp³-hybridized carbons (Fsp3) is 0.0556. The zero-order valence-corrected chi connectivity index (χ0v) is 15.2. The van der Waals surface area contributed by atoms with Crippen molar-refractivity contribution >= 4 is 40.4 Å². The van der Waals surface area contributed by atoms with E-state index in [1.54, 1.807) is 36.4 Å². The van der Waals surface area contributed by atoms with Crippen LogP contribution in [0.1, 0.15) is 5.56 Å². The molecule has 132 valence electrons. The lowest BCUT2D eigenvalue weighted by atomic mass is 10.1. The molecule has 5 N–H and O–H groups in total. The van der Waals surface area contributed by atoms with Crippen LogP contribution < -0.4 is 21.9 Å². The fourth-order valence-corrected chi connectivity index (χ4v) is 2.38. The van der Waals surface area contributed by atoms with Gasteiger partial charge in [-0.15, -0.1) is 0 Å². The second-order valence-electron chi connectivity index (χ2n) is 5.20. The first-order valence-corrected chi connectivity index (χ1v) is 8.33. The molecule has 2 aromatic carbocycles. The quantitative estimate of drug-likeness (QED) is 0.264. The summed E-state index contributed by atoms with van der Waals surface area (Å²) in [6, 6.07) is 18.0. The first-order valence-electron chi connectivity index (χ1n) is 7.55. The van der Waals surface area contributed by atoms with Gasteiger partial charge in [0, 0.05) is 10.7 Å². The Balaban J connectivity index is 1.95. The Morgan fingerprint density at radius 1 is 1.12 bits per heavy atom. The number of amides is 1. The van der Waals surface area contributed by atoms with Crippen molar-refractivity contribution < 1.29 is 4.79 Å². The molecule has 0 aliphatic rings. The van der Waals surface area contributed by atoms with Crippen molar-refractivity contribution in [2.75, 3.05) is 5.32 Å². The molecule has 0 saturated carbocycles. The Labute approximate surface area is 161 Å². The zero-order chi connectivity index (χ0) is 18.9. The van der Waals surface area contributed by atoms with Gasteiger partial charge in [0.25, 0.3) is 0 Å². The lowest BCUT2D eigenvalue weighted by molar-refractivity contribution is -0.121. The summed E-state index contributed by atoms with van der Waals surface area (Å²) in [5.41, 5.74) is 12.3. The van der Waals surface area contributed by atoms with Crippen LogP contribution in [-0.2, 0) is 11.2 Å². The number of para-hydroxylation sites is 1. The van der Waals surface area contributed by atoms with Gasteiger partial charge in [-0.2, -0.15) is 5.26 Å². The fourth-order valence-electron chi connectivity index (χ4n) is 1.98. The number of anilines is 1. The van der Waals surface area contributed by atoms with Crippen LogP contribution in [0.4, 0.5) is 5.69 Å². The average Bonchev–Trinajstić information content (AvgIpc) is 2.63. The van der Waals surface area contributed by atoms with Gasteiger partial charge >= 0.3 is 0 Å². The standard InChI is InChI=1S/C18H16ClN5OS/c19-13-8-6-12(7-9-13)10-16(25)23-24-17(21)15(11-20)18(26)22-14-4-2-1-3-5-14/h1-9,24H,10,21H2,(H,22,26)(H,23,25)/b17-15+. The van der Waals surface area contributed by atoms with Crippen LogP contribution in [0.5, 0.6) is 0 Å². The summed E-state index contributed by atoms with van der Waals surface area (Å²) < 4.78 is 0. The molecule has 26 heavy (non-hydrogen) atoms. The van der Waals surface area contributed by atoms with Gasteiger partial charge in [0.05, 0.1) is 6.42 Å². The minimum atomic E-state index is -0.325. The molecule has 1 amide bonds. The van der Waals surface area contributed by atoms with E-state index in [2.05, 4.69) is 16.2 Å². The molecule has 0 fully saturated rings. The number of nitrogens with one attached hydrogen (secondary N) is 3. The van der Waals surface area contributed by atoms with Crippen molar-refractivity contribution in [3.05, 3.63) is 76.6 Å². The van der Waals surface area contributed by atoms with Crippen molar-refractivity contribution in [2.24, 2.45) is 5.73 Å². The summed E-state index contributed by atoms with van der Waals surface area (Å²) in [5, 5.41) is 12.8. The van der Waals surface area contributed by atoms with Gasteiger partial charge in [-0.1, -0.05) is 54.2 Å². The van der Waals surface area contributed by atoms with E-state index in [9.17, 15) is 10.1 Å². The predicted octanol–water partition coefficient (Wildman–Crippen LogP) is 2.64. The largest absolute Gasteiger partial charge is 0.383 e. The van der Waals surface area contributed by atoms with Gasteiger partial charge < -0.3 is 11.1 Å². The van der Waals surface area contributed by atoms with Crippen molar-refractivity contribution in [3.8, 4) is 6.07 Å². The molecule has 0 heterocycles. The Bertz CT molecular complexity index is 859. The summed E-state index contributed by atoms with van der Waals surface area (Å²) in [6.45, 7) is 0. The molecule has 0 saturated heterocycles. The molecule has 0 radical (unpaired) electrons. The highest BCUT2D eigenvalue weighted by Gasteiger charge is 2.11. The molecule has 2 rings (SSSR count). The Morgan fingerprint density at radius 3 is 2.38 bits per heavy atom. The normalized spacial score (nSPS) is 10.9. The van der Waals surface area contributed by atoms with E-state index in [1.165, 1.54) is 0 Å². The number of hydrogen-bond acceptors (Lipinski definition) is 5. The summed E-state index contributed by atoms with van der Waals surface area (Å²) in [6.07, 6.45) is 0.131. The Morgan fingerprint density at radius 2 is 1.77 bits per heavy atom. The maximum absolute atomic E-state index is 12.0. The Kier molecular flexibility index (Phi) is 6.97. The molecule has 0 spiro atoms. The smallest absolute Gasteiger partial charge is 0.242 e. The molecule has 0 bridgehead atoms. The molecule has 6 nitrogen and oxygen atoms in total. The number of rotatable bonds is 6. The second kappa shape index (κ2) is 9.42. The highest BCUT2D eigenvalue weighted by molar-refractivity contribution is 7.81. The van der Waals surface area contributed by atoms with Gasteiger partial charge in [0.15, 0.2) is 0 Å². The molecule has 0 aromatic heterocycles. The molecule has 0 unspecified atom stereocenters. The number of nitriles is 1.